The van der Waals surface area contributed by atoms with Crippen LogP contribution in [0.3, 0.4) is 0 Å². The molecule has 1 fully saturated rings. The fourth-order valence-electron chi connectivity index (χ4n) is 2.72. The van der Waals surface area contributed by atoms with E-state index in [1.165, 1.54) is 0 Å². The minimum atomic E-state index is -0.440. The van der Waals surface area contributed by atoms with E-state index in [1.807, 2.05) is 0 Å². The number of hydrogen-bond acceptors (Lipinski definition) is 4. The number of benzene rings is 1. The van der Waals surface area contributed by atoms with Crippen LogP contribution in [-0.2, 0) is 0 Å². The monoisotopic (exact) mass is 277 g/mol. The highest BCUT2D eigenvalue weighted by atomic mass is 16.6. The first-order valence-corrected chi connectivity index (χ1v) is 7.12. The van der Waals surface area contributed by atoms with Gasteiger partial charge in [-0.2, -0.15) is 0 Å². The van der Waals surface area contributed by atoms with Gasteiger partial charge >= 0.3 is 0 Å². The molecule has 0 radical (unpaired) electrons. The molecule has 0 spiro atoms. The summed E-state index contributed by atoms with van der Waals surface area (Å²) in [4.78, 5) is 12.2. The Balaban J connectivity index is 1.70. The van der Waals surface area contributed by atoms with Crippen LogP contribution in [0.4, 0.5) is 0 Å². The van der Waals surface area contributed by atoms with Crippen molar-refractivity contribution in [3.63, 3.8) is 0 Å². The first-order valence-electron chi connectivity index (χ1n) is 7.12. The van der Waals surface area contributed by atoms with Gasteiger partial charge in [0.1, 0.15) is 13.2 Å². The van der Waals surface area contributed by atoms with Gasteiger partial charge in [0.25, 0.3) is 5.91 Å². The summed E-state index contributed by atoms with van der Waals surface area (Å²) >= 11 is 0. The highest BCUT2D eigenvalue weighted by Crippen LogP contribution is 2.30. The van der Waals surface area contributed by atoms with Crippen LogP contribution >= 0.6 is 0 Å². The lowest BCUT2D eigenvalue weighted by Gasteiger charge is -2.28. The minimum absolute atomic E-state index is 0.149. The highest BCUT2D eigenvalue weighted by molar-refractivity contribution is 5.95. The lowest BCUT2D eigenvalue weighted by atomic mass is 9.92. The van der Waals surface area contributed by atoms with E-state index in [1.54, 1.807) is 18.2 Å². The fraction of sp³-hybridized carbons (Fsp3) is 0.533. The Morgan fingerprint density at radius 1 is 1.15 bits per heavy atom. The van der Waals surface area contributed by atoms with E-state index in [0.717, 1.165) is 25.7 Å². The predicted molar refractivity (Wildman–Crippen MR) is 73.2 cm³/mol. The quantitative estimate of drug-likeness (QED) is 0.859. The number of carbonyl (C=O) groups is 1. The number of carbonyl (C=O) groups excluding carboxylic acids is 1. The molecule has 1 aliphatic carbocycles. The van der Waals surface area contributed by atoms with Crippen molar-refractivity contribution in [1.82, 2.24) is 5.32 Å². The van der Waals surface area contributed by atoms with Crippen molar-refractivity contribution in [1.29, 1.82) is 0 Å². The van der Waals surface area contributed by atoms with Crippen molar-refractivity contribution in [2.45, 2.75) is 37.8 Å². The third kappa shape index (κ3) is 2.72. The molecule has 1 aliphatic heterocycles. The zero-order valence-corrected chi connectivity index (χ0v) is 11.3. The molecule has 1 aromatic rings. The van der Waals surface area contributed by atoms with Crippen LogP contribution in [0.2, 0.25) is 0 Å². The number of rotatable bonds is 2. The summed E-state index contributed by atoms with van der Waals surface area (Å²) in [5.74, 6) is 1.10. The van der Waals surface area contributed by atoms with Gasteiger partial charge in [-0.05, 0) is 31.0 Å². The maximum atomic E-state index is 12.2. The van der Waals surface area contributed by atoms with Crippen LogP contribution in [0, 0.1) is 0 Å². The van der Waals surface area contributed by atoms with Crippen LogP contribution in [0.25, 0.3) is 0 Å². The molecule has 20 heavy (non-hydrogen) atoms. The Morgan fingerprint density at radius 3 is 2.70 bits per heavy atom. The second-order valence-corrected chi connectivity index (χ2v) is 5.29. The predicted octanol–water partition coefficient (Wildman–Crippen LogP) is 1.49. The molecule has 0 aromatic heterocycles. The third-order valence-electron chi connectivity index (χ3n) is 3.85. The van der Waals surface area contributed by atoms with E-state index in [4.69, 9.17) is 9.47 Å². The third-order valence-corrected chi connectivity index (χ3v) is 3.85. The zero-order valence-electron chi connectivity index (χ0n) is 11.3. The van der Waals surface area contributed by atoms with E-state index < -0.39 is 6.10 Å². The first-order chi connectivity index (χ1) is 9.74. The maximum Gasteiger partial charge on any atom is 0.251 e. The second kappa shape index (κ2) is 5.71. The number of aliphatic hydroxyl groups excluding tert-OH is 1. The summed E-state index contributed by atoms with van der Waals surface area (Å²) in [6.07, 6.45) is 3.22. The van der Waals surface area contributed by atoms with Gasteiger partial charge in [-0.3, -0.25) is 4.79 Å². The number of amides is 1. The normalized spacial score (nSPS) is 25.1. The molecule has 3 rings (SSSR count). The van der Waals surface area contributed by atoms with E-state index in [0.29, 0.717) is 30.3 Å². The van der Waals surface area contributed by atoms with Crippen LogP contribution < -0.4 is 14.8 Å². The molecule has 1 amide bonds. The number of ether oxygens (including phenoxy) is 2. The van der Waals surface area contributed by atoms with E-state index >= 15 is 0 Å². The Hall–Kier alpha value is -1.75. The van der Waals surface area contributed by atoms with Crippen LogP contribution in [-0.4, -0.2) is 36.4 Å². The van der Waals surface area contributed by atoms with E-state index in [2.05, 4.69) is 5.32 Å². The molecular formula is C15H19NO4. The Labute approximate surface area is 117 Å². The van der Waals surface area contributed by atoms with Gasteiger partial charge in [0.2, 0.25) is 0 Å². The van der Waals surface area contributed by atoms with Gasteiger partial charge < -0.3 is 19.9 Å². The van der Waals surface area contributed by atoms with Gasteiger partial charge in [-0.25, -0.2) is 0 Å². The average Bonchev–Trinajstić information content (AvgIpc) is 2.49. The highest BCUT2D eigenvalue weighted by Gasteiger charge is 2.25. The van der Waals surface area contributed by atoms with E-state index in [-0.39, 0.29) is 11.9 Å². The lowest BCUT2D eigenvalue weighted by Crippen LogP contribution is -2.45. The fourth-order valence-corrected chi connectivity index (χ4v) is 2.72. The number of nitrogens with one attached hydrogen (secondary N) is 1. The van der Waals surface area contributed by atoms with Crippen LogP contribution in [0.5, 0.6) is 11.5 Å². The largest absolute Gasteiger partial charge is 0.486 e. The molecule has 2 atom stereocenters. The standard InChI is InChI=1S/C15H19NO4/c17-12-4-2-1-3-11(12)16-15(18)10-5-6-13-14(9-10)20-8-7-19-13/h5-6,9,11-12,17H,1-4,7-8H2,(H,16,18)/t11-,12-/m1/s1. The van der Waals surface area contributed by atoms with Crippen molar-refractivity contribution in [2.75, 3.05) is 13.2 Å². The summed E-state index contributed by atoms with van der Waals surface area (Å²) < 4.78 is 10.9. The number of aliphatic hydroxyl groups is 1. The number of fused-ring (bicyclic) bond motifs is 1. The molecule has 0 unspecified atom stereocenters. The summed E-state index contributed by atoms with van der Waals surface area (Å²) in [6, 6.07) is 5.02. The zero-order chi connectivity index (χ0) is 13.9. The average molecular weight is 277 g/mol. The molecule has 2 N–H and O–H groups in total. The topological polar surface area (TPSA) is 67.8 Å². The molecule has 1 aromatic carbocycles. The van der Waals surface area contributed by atoms with Gasteiger partial charge in [0, 0.05) is 5.56 Å². The minimum Gasteiger partial charge on any atom is -0.486 e. The van der Waals surface area contributed by atoms with Gasteiger partial charge in [0.05, 0.1) is 12.1 Å². The lowest BCUT2D eigenvalue weighted by molar-refractivity contribution is 0.0716. The Bertz CT molecular complexity index is 503. The summed E-state index contributed by atoms with van der Waals surface area (Å²) in [6.45, 7) is 1.03. The molecule has 2 aliphatic rings. The van der Waals surface area contributed by atoms with Crippen molar-refractivity contribution in [3.05, 3.63) is 23.8 Å². The summed E-state index contributed by atoms with van der Waals surface area (Å²) in [7, 11) is 0. The molecule has 1 saturated carbocycles. The molecule has 0 saturated heterocycles. The van der Waals surface area contributed by atoms with Crippen LogP contribution in [0.15, 0.2) is 18.2 Å². The summed E-state index contributed by atoms with van der Waals surface area (Å²) in [5.41, 5.74) is 0.534. The van der Waals surface area contributed by atoms with Crippen molar-refractivity contribution in [3.8, 4) is 11.5 Å². The molecule has 108 valence electrons. The van der Waals surface area contributed by atoms with Crippen molar-refractivity contribution in [2.24, 2.45) is 0 Å². The van der Waals surface area contributed by atoms with Crippen molar-refractivity contribution >= 4 is 5.91 Å². The van der Waals surface area contributed by atoms with Gasteiger partial charge in [-0.15, -0.1) is 0 Å². The Kier molecular flexibility index (Phi) is 3.78. The summed E-state index contributed by atoms with van der Waals surface area (Å²) in [5, 5.41) is 12.8. The van der Waals surface area contributed by atoms with E-state index in [9.17, 15) is 9.90 Å². The SMILES string of the molecule is O=C(N[C@@H]1CCCC[C@H]1O)c1ccc2c(c1)OCCO2. The molecule has 1 heterocycles. The molecular weight excluding hydrogens is 258 g/mol. The van der Waals surface area contributed by atoms with Gasteiger partial charge in [0.15, 0.2) is 11.5 Å². The Morgan fingerprint density at radius 2 is 1.90 bits per heavy atom. The second-order valence-electron chi connectivity index (χ2n) is 5.29. The maximum absolute atomic E-state index is 12.2. The molecule has 5 heteroatoms. The van der Waals surface area contributed by atoms with Gasteiger partial charge in [-0.1, -0.05) is 12.8 Å². The van der Waals surface area contributed by atoms with Crippen molar-refractivity contribution < 1.29 is 19.4 Å². The van der Waals surface area contributed by atoms with Crippen LogP contribution in [0.1, 0.15) is 36.0 Å². The molecule has 0 bridgehead atoms. The first kappa shape index (κ1) is 13.2. The smallest absolute Gasteiger partial charge is 0.251 e. The number of hydrogen-bond donors (Lipinski definition) is 2. The molecule has 5 nitrogen and oxygen atoms in total.